The summed E-state index contributed by atoms with van der Waals surface area (Å²) >= 11 is 0. The fourth-order valence-corrected chi connectivity index (χ4v) is 2.41. The summed E-state index contributed by atoms with van der Waals surface area (Å²) in [5.41, 5.74) is 3.70. The van der Waals surface area contributed by atoms with Gasteiger partial charge >= 0.3 is 0 Å². The highest BCUT2D eigenvalue weighted by Gasteiger charge is 2.24. The average molecular weight is 244 g/mol. The van der Waals surface area contributed by atoms with Crippen LogP contribution in [0.4, 0.5) is 0 Å². The van der Waals surface area contributed by atoms with Gasteiger partial charge in [0.25, 0.3) is 5.56 Å². The van der Waals surface area contributed by atoms with Gasteiger partial charge in [0.1, 0.15) is 0 Å². The van der Waals surface area contributed by atoms with Crippen LogP contribution in [0.2, 0.25) is 0 Å². The van der Waals surface area contributed by atoms with Crippen molar-refractivity contribution >= 4 is 0 Å². The summed E-state index contributed by atoms with van der Waals surface area (Å²) in [6.45, 7) is 10.2. The molecule has 1 N–H and O–H groups in total. The molecule has 1 aromatic carbocycles. The molecular formula is C15H20N2O. The smallest absolute Gasteiger partial charge is 0.275 e. The Balaban J connectivity index is 2.70. The molecular weight excluding hydrogens is 224 g/mol. The SMILES string of the molecule is Cc1ccccc1-n1[nH]c(C)c(C(C)(C)C)c1=O. The van der Waals surface area contributed by atoms with Crippen molar-refractivity contribution in [3.63, 3.8) is 0 Å². The number of hydrogen-bond donors (Lipinski definition) is 1. The minimum atomic E-state index is -0.147. The maximum absolute atomic E-state index is 12.5. The van der Waals surface area contributed by atoms with Gasteiger partial charge in [0.05, 0.1) is 5.69 Å². The van der Waals surface area contributed by atoms with Crippen LogP contribution in [0.25, 0.3) is 5.69 Å². The number of para-hydroxylation sites is 1. The van der Waals surface area contributed by atoms with Crippen molar-refractivity contribution in [1.82, 2.24) is 9.78 Å². The predicted molar refractivity (Wildman–Crippen MR) is 74.6 cm³/mol. The minimum absolute atomic E-state index is 0.0503. The molecule has 0 unspecified atom stereocenters. The van der Waals surface area contributed by atoms with Crippen LogP contribution in [0.5, 0.6) is 0 Å². The summed E-state index contributed by atoms with van der Waals surface area (Å²) in [6.07, 6.45) is 0. The summed E-state index contributed by atoms with van der Waals surface area (Å²) in [6, 6.07) is 7.89. The third kappa shape index (κ3) is 2.01. The van der Waals surface area contributed by atoms with E-state index in [0.717, 1.165) is 22.5 Å². The standard InChI is InChI=1S/C15H20N2O/c1-10-8-6-7-9-12(10)17-14(18)13(11(2)16-17)15(3,4)5/h6-9,16H,1-5H3. The molecule has 0 saturated heterocycles. The Morgan fingerprint density at radius 2 is 1.72 bits per heavy atom. The minimum Gasteiger partial charge on any atom is -0.295 e. The molecule has 1 heterocycles. The first-order valence-corrected chi connectivity index (χ1v) is 6.20. The largest absolute Gasteiger partial charge is 0.295 e. The lowest BCUT2D eigenvalue weighted by Gasteiger charge is -2.15. The van der Waals surface area contributed by atoms with Crippen LogP contribution in [0.15, 0.2) is 29.1 Å². The van der Waals surface area contributed by atoms with Crippen LogP contribution < -0.4 is 5.56 Å². The van der Waals surface area contributed by atoms with Crippen LogP contribution in [-0.4, -0.2) is 9.78 Å². The molecule has 0 radical (unpaired) electrons. The van der Waals surface area contributed by atoms with E-state index < -0.39 is 0 Å². The van der Waals surface area contributed by atoms with E-state index in [4.69, 9.17) is 0 Å². The zero-order chi connectivity index (χ0) is 13.5. The van der Waals surface area contributed by atoms with Gasteiger partial charge in [0.2, 0.25) is 0 Å². The summed E-state index contributed by atoms with van der Waals surface area (Å²) in [5.74, 6) is 0. The van der Waals surface area contributed by atoms with Crippen LogP contribution in [0.1, 0.15) is 37.6 Å². The van der Waals surface area contributed by atoms with Gasteiger partial charge in [-0.15, -0.1) is 0 Å². The maximum Gasteiger partial charge on any atom is 0.275 e. The molecule has 2 rings (SSSR count). The van der Waals surface area contributed by atoms with Gasteiger partial charge in [-0.1, -0.05) is 39.0 Å². The van der Waals surface area contributed by atoms with E-state index in [9.17, 15) is 4.79 Å². The second-order valence-electron chi connectivity index (χ2n) is 5.79. The highest BCUT2D eigenvalue weighted by Crippen LogP contribution is 2.22. The van der Waals surface area contributed by atoms with Gasteiger partial charge in [0, 0.05) is 11.3 Å². The molecule has 0 aliphatic rings. The summed E-state index contributed by atoms with van der Waals surface area (Å²) in [5, 5.41) is 3.18. The Kier molecular flexibility index (Phi) is 2.93. The first kappa shape index (κ1) is 12.7. The Bertz CT molecular complexity index is 627. The van der Waals surface area contributed by atoms with E-state index in [1.807, 2.05) is 38.1 Å². The van der Waals surface area contributed by atoms with Crippen molar-refractivity contribution < 1.29 is 0 Å². The molecule has 18 heavy (non-hydrogen) atoms. The highest BCUT2D eigenvalue weighted by molar-refractivity contribution is 5.41. The van der Waals surface area contributed by atoms with Gasteiger partial charge in [0.15, 0.2) is 0 Å². The lowest BCUT2D eigenvalue weighted by atomic mass is 9.87. The zero-order valence-corrected chi connectivity index (χ0v) is 11.7. The molecule has 96 valence electrons. The molecule has 0 aliphatic carbocycles. The summed E-state index contributed by atoms with van der Waals surface area (Å²) in [7, 11) is 0. The maximum atomic E-state index is 12.5. The molecule has 0 bridgehead atoms. The number of nitrogens with one attached hydrogen (secondary N) is 1. The molecule has 3 nitrogen and oxygen atoms in total. The van der Waals surface area contributed by atoms with Crippen LogP contribution >= 0.6 is 0 Å². The molecule has 0 saturated carbocycles. The zero-order valence-electron chi connectivity index (χ0n) is 11.7. The van der Waals surface area contributed by atoms with Gasteiger partial charge in [-0.25, -0.2) is 4.68 Å². The van der Waals surface area contributed by atoms with E-state index >= 15 is 0 Å². The van der Waals surface area contributed by atoms with Crippen molar-refractivity contribution in [3.05, 3.63) is 51.4 Å². The lowest BCUT2D eigenvalue weighted by Crippen LogP contribution is -2.25. The fraction of sp³-hybridized carbons (Fsp3) is 0.400. The Morgan fingerprint density at radius 3 is 2.22 bits per heavy atom. The van der Waals surface area contributed by atoms with Crippen molar-refractivity contribution in [2.45, 2.75) is 40.0 Å². The molecule has 0 aliphatic heterocycles. The van der Waals surface area contributed by atoms with Crippen molar-refractivity contribution in [1.29, 1.82) is 0 Å². The van der Waals surface area contributed by atoms with Crippen LogP contribution in [-0.2, 0) is 5.41 Å². The number of benzene rings is 1. The van der Waals surface area contributed by atoms with Gasteiger partial charge in [-0.2, -0.15) is 0 Å². The number of aryl methyl sites for hydroxylation is 2. The third-order valence-electron chi connectivity index (χ3n) is 3.18. The Hall–Kier alpha value is -1.77. The Morgan fingerprint density at radius 1 is 1.11 bits per heavy atom. The molecule has 0 fully saturated rings. The normalized spacial score (nSPS) is 11.8. The van der Waals surface area contributed by atoms with Gasteiger partial charge in [-0.05, 0) is 30.9 Å². The van der Waals surface area contributed by atoms with Crippen molar-refractivity contribution in [2.24, 2.45) is 0 Å². The second kappa shape index (κ2) is 4.16. The van der Waals surface area contributed by atoms with E-state index in [2.05, 4.69) is 25.9 Å². The predicted octanol–water partition coefficient (Wildman–Crippen LogP) is 3.08. The van der Waals surface area contributed by atoms with Crippen LogP contribution in [0, 0.1) is 13.8 Å². The summed E-state index contributed by atoms with van der Waals surface area (Å²) in [4.78, 5) is 12.5. The van der Waals surface area contributed by atoms with Crippen LogP contribution in [0.3, 0.4) is 0 Å². The van der Waals surface area contributed by atoms with Crippen molar-refractivity contribution in [2.75, 3.05) is 0 Å². The number of nitrogens with zero attached hydrogens (tertiary/aromatic N) is 1. The number of H-pyrrole nitrogens is 1. The quantitative estimate of drug-likeness (QED) is 0.822. The average Bonchev–Trinajstić information content (AvgIpc) is 2.54. The molecule has 1 aromatic heterocycles. The van der Waals surface area contributed by atoms with E-state index in [-0.39, 0.29) is 11.0 Å². The topological polar surface area (TPSA) is 37.8 Å². The number of aromatic nitrogens is 2. The fourth-order valence-electron chi connectivity index (χ4n) is 2.41. The van der Waals surface area contributed by atoms with E-state index in [1.54, 1.807) is 4.68 Å². The van der Waals surface area contributed by atoms with E-state index in [1.165, 1.54) is 0 Å². The summed E-state index contributed by atoms with van der Waals surface area (Å²) < 4.78 is 1.64. The van der Waals surface area contributed by atoms with Gasteiger partial charge in [-0.3, -0.25) is 9.89 Å². The second-order valence-corrected chi connectivity index (χ2v) is 5.79. The number of hydrogen-bond acceptors (Lipinski definition) is 1. The molecule has 3 heteroatoms. The number of rotatable bonds is 1. The molecule has 0 atom stereocenters. The first-order valence-electron chi connectivity index (χ1n) is 6.20. The number of aromatic amines is 1. The molecule has 0 spiro atoms. The first-order chi connectivity index (χ1) is 8.32. The molecule has 0 amide bonds. The van der Waals surface area contributed by atoms with E-state index in [0.29, 0.717) is 0 Å². The molecule has 2 aromatic rings. The van der Waals surface area contributed by atoms with Gasteiger partial charge < -0.3 is 0 Å². The highest BCUT2D eigenvalue weighted by atomic mass is 16.1. The van der Waals surface area contributed by atoms with Crippen molar-refractivity contribution in [3.8, 4) is 5.69 Å². The lowest BCUT2D eigenvalue weighted by molar-refractivity contribution is 0.581. The third-order valence-corrected chi connectivity index (χ3v) is 3.18. The monoisotopic (exact) mass is 244 g/mol. The Labute approximate surface area is 107 Å².